The van der Waals surface area contributed by atoms with E-state index in [-0.39, 0.29) is 17.7 Å². The Morgan fingerprint density at radius 2 is 2.20 bits per heavy atom. The summed E-state index contributed by atoms with van der Waals surface area (Å²) in [4.78, 5) is 10.7. The number of nitro groups is 1. The first-order chi connectivity index (χ1) is 12.2. The lowest BCUT2D eigenvalue weighted by molar-refractivity contribution is -0.384. The second kappa shape index (κ2) is 5.03. The highest BCUT2D eigenvalue weighted by atomic mass is 16.6. The molecule has 1 fully saturated rings. The van der Waals surface area contributed by atoms with Crippen LogP contribution in [-0.4, -0.2) is 28.4 Å². The summed E-state index contributed by atoms with van der Waals surface area (Å²) in [5.74, 6) is 0.967. The molecule has 0 spiro atoms. The van der Waals surface area contributed by atoms with Crippen LogP contribution in [0.1, 0.15) is 29.7 Å². The molecular formula is C18H15N3O4. The van der Waals surface area contributed by atoms with Crippen LogP contribution in [0.15, 0.2) is 36.4 Å². The van der Waals surface area contributed by atoms with Crippen molar-refractivity contribution >= 4 is 16.6 Å². The molecule has 3 aromatic rings. The van der Waals surface area contributed by atoms with Crippen molar-refractivity contribution in [1.82, 2.24) is 9.78 Å². The molecule has 5 rings (SSSR count). The fourth-order valence-corrected chi connectivity index (χ4v) is 4.01. The predicted molar refractivity (Wildman–Crippen MR) is 90.3 cm³/mol. The third-order valence-corrected chi connectivity index (χ3v) is 5.12. The third kappa shape index (κ3) is 1.93. The van der Waals surface area contributed by atoms with E-state index >= 15 is 0 Å². The standard InChI is InChI=1S/C18H15N3O4/c1-24-11-3-5-16-14(9-11)18-13(6-7-25-18)17-12-4-2-10(21(22)23)8-15(12)19-20(16)17/h2-5,8-9,13,18H,6-7H2,1H3. The zero-order valence-electron chi connectivity index (χ0n) is 13.5. The van der Waals surface area contributed by atoms with Crippen molar-refractivity contribution in [2.75, 3.05) is 13.7 Å². The smallest absolute Gasteiger partial charge is 0.271 e. The Kier molecular flexibility index (Phi) is 2.90. The minimum absolute atomic E-state index is 0.0345. The first-order valence-corrected chi connectivity index (χ1v) is 8.14. The number of aromatic nitrogens is 2. The molecule has 7 heteroatoms. The molecule has 7 nitrogen and oxygen atoms in total. The van der Waals surface area contributed by atoms with Gasteiger partial charge in [-0.15, -0.1) is 0 Å². The highest BCUT2D eigenvalue weighted by Gasteiger charge is 2.40. The molecular weight excluding hydrogens is 322 g/mol. The Morgan fingerprint density at radius 3 is 3.00 bits per heavy atom. The van der Waals surface area contributed by atoms with Gasteiger partial charge < -0.3 is 9.47 Å². The van der Waals surface area contributed by atoms with Gasteiger partial charge in [0.25, 0.3) is 5.69 Å². The Balaban J connectivity index is 1.80. The number of ether oxygens (including phenoxy) is 2. The normalized spacial score (nSPS) is 20.8. The van der Waals surface area contributed by atoms with Crippen LogP contribution in [0.3, 0.4) is 0 Å². The average Bonchev–Trinajstić information content (AvgIpc) is 3.24. The number of hydrogen-bond donors (Lipinski definition) is 0. The Morgan fingerprint density at radius 1 is 1.32 bits per heavy atom. The molecule has 0 bridgehead atoms. The molecule has 2 unspecified atom stereocenters. The van der Waals surface area contributed by atoms with Crippen LogP contribution in [0.2, 0.25) is 0 Å². The molecule has 2 aromatic carbocycles. The van der Waals surface area contributed by atoms with Gasteiger partial charge in [-0.25, -0.2) is 4.68 Å². The van der Waals surface area contributed by atoms with E-state index in [1.807, 2.05) is 22.9 Å². The first kappa shape index (κ1) is 14.4. The molecule has 2 aliphatic rings. The van der Waals surface area contributed by atoms with Crippen molar-refractivity contribution in [3.05, 3.63) is 57.8 Å². The summed E-state index contributed by atoms with van der Waals surface area (Å²) in [6.07, 6.45) is 0.867. The lowest BCUT2D eigenvalue weighted by Crippen LogP contribution is -2.20. The van der Waals surface area contributed by atoms with Crippen molar-refractivity contribution in [2.24, 2.45) is 0 Å². The van der Waals surface area contributed by atoms with Gasteiger partial charge in [0, 0.05) is 35.6 Å². The molecule has 0 radical (unpaired) electrons. The van der Waals surface area contributed by atoms with Crippen LogP contribution in [-0.2, 0) is 4.74 Å². The fraction of sp³-hybridized carbons (Fsp3) is 0.278. The molecule has 2 aliphatic heterocycles. The van der Waals surface area contributed by atoms with Gasteiger partial charge >= 0.3 is 0 Å². The average molecular weight is 337 g/mol. The molecule has 126 valence electrons. The molecule has 0 aliphatic carbocycles. The van der Waals surface area contributed by atoms with Crippen LogP contribution < -0.4 is 4.74 Å². The third-order valence-electron chi connectivity index (χ3n) is 5.12. The molecule has 0 saturated carbocycles. The zero-order valence-corrected chi connectivity index (χ0v) is 13.5. The maximum atomic E-state index is 11.1. The second-order valence-corrected chi connectivity index (χ2v) is 6.37. The van der Waals surface area contributed by atoms with Crippen LogP contribution in [0, 0.1) is 10.1 Å². The number of benzene rings is 2. The van der Waals surface area contributed by atoms with Crippen LogP contribution in [0.4, 0.5) is 5.69 Å². The van der Waals surface area contributed by atoms with E-state index in [9.17, 15) is 10.1 Å². The SMILES string of the molecule is COc1ccc2c(c1)C1OCCC1c1c3ccc([N+](=O)[O-])cc3nn1-2. The zero-order chi connectivity index (χ0) is 17.1. The van der Waals surface area contributed by atoms with Crippen molar-refractivity contribution in [2.45, 2.75) is 18.4 Å². The van der Waals surface area contributed by atoms with Crippen LogP contribution >= 0.6 is 0 Å². The highest BCUT2D eigenvalue weighted by Crippen LogP contribution is 2.50. The summed E-state index contributed by atoms with van der Waals surface area (Å²) >= 11 is 0. The van der Waals surface area contributed by atoms with Gasteiger partial charge in [0.05, 0.1) is 35.0 Å². The lowest BCUT2D eigenvalue weighted by atomic mass is 9.86. The summed E-state index contributed by atoms with van der Waals surface area (Å²) in [6, 6.07) is 10.7. The number of nitro benzene ring substituents is 1. The largest absolute Gasteiger partial charge is 0.497 e. The number of fused-ring (bicyclic) bond motifs is 8. The molecule has 1 aromatic heterocycles. The molecule has 0 amide bonds. The van der Waals surface area contributed by atoms with Gasteiger partial charge in [-0.2, -0.15) is 5.10 Å². The summed E-state index contributed by atoms with van der Waals surface area (Å²) in [7, 11) is 1.64. The van der Waals surface area contributed by atoms with E-state index in [0.717, 1.165) is 34.5 Å². The minimum Gasteiger partial charge on any atom is -0.497 e. The maximum Gasteiger partial charge on any atom is 0.271 e. The molecule has 1 saturated heterocycles. The van der Waals surface area contributed by atoms with Crippen molar-refractivity contribution in [3.8, 4) is 11.4 Å². The van der Waals surface area contributed by atoms with Crippen LogP contribution in [0.5, 0.6) is 5.75 Å². The van der Waals surface area contributed by atoms with E-state index in [2.05, 4.69) is 5.10 Å². The monoisotopic (exact) mass is 337 g/mol. The van der Waals surface area contributed by atoms with Crippen molar-refractivity contribution < 1.29 is 14.4 Å². The summed E-state index contributed by atoms with van der Waals surface area (Å²) in [6.45, 7) is 0.686. The van der Waals surface area contributed by atoms with Gasteiger partial charge in [0.15, 0.2) is 0 Å². The molecule has 0 N–H and O–H groups in total. The Hall–Kier alpha value is -2.93. The molecule has 2 atom stereocenters. The Labute approximate surface area is 142 Å². The summed E-state index contributed by atoms with van der Waals surface area (Å²) < 4.78 is 13.3. The quantitative estimate of drug-likeness (QED) is 0.528. The summed E-state index contributed by atoms with van der Waals surface area (Å²) in [5.41, 5.74) is 3.76. The van der Waals surface area contributed by atoms with Gasteiger partial charge in [0.1, 0.15) is 5.75 Å². The summed E-state index contributed by atoms with van der Waals surface area (Å²) in [5, 5.41) is 16.7. The van der Waals surface area contributed by atoms with Crippen molar-refractivity contribution in [1.29, 1.82) is 0 Å². The van der Waals surface area contributed by atoms with Gasteiger partial charge in [-0.3, -0.25) is 10.1 Å². The van der Waals surface area contributed by atoms with E-state index in [1.54, 1.807) is 19.2 Å². The second-order valence-electron chi connectivity index (χ2n) is 6.37. The maximum absolute atomic E-state index is 11.1. The van der Waals surface area contributed by atoms with Crippen molar-refractivity contribution in [3.63, 3.8) is 0 Å². The molecule has 25 heavy (non-hydrogen) atoms. The number of nitrogens with zero attached hydrogens (tertiary/aromatic N) is 3. The van der Waals surface area contributed by atoms with Crippen LogP contribution in [0.25, 0.3) is 16.6 Å². The number of hydrogen-bond acceptors (Lipinski definition) is 5. The van der Waals surface area contributed by atoms with Gasteiger partial charge in [-0.1, -0.05) is 0 Å². The van der Waals surface area contributed by atoms with E-state index < -0.39 is 4.92 Å². The number of non-ortho nitro benzene ring substituents is 1. The predicted octanol–water partition coefficient (Wildman–Crippen LogP) is 3.50. The minimum atomic E-state index is -0.391. The van der Waals surface area contributed by atoms with Gasteiger partial charge in [0.2, 0.25) is 0 Å². The number of methoxy groups -OCH3 is 1. The van der Waals surface area contributed by atoms with E-state index in [4.69, 9.17) is 9.47 Å². The van der Waals surface area contributed by atoms with E-state index in [0.29, 0.717) is 12.1 Å². The molecule has 3 heterocycles. The lowest BCUT2D eigenvalue weighted by Gasteiger charge is -2.28. The number of rotatable bonds is 2. The Bertz CT molecular complexity index is 1030. The van der Waals surface area contributed by atoms with E-state index in [1.165, 1.54) is 6.07 Å². The highest BCUT2D eigenvalue weighted by molar-refractivity contribution is 5.85. The fourth-order valence-electron chi connectivity index (χ4n) is 4.01. The first-order valence-electron chi connectivity index (χ1n) is 8.14. The van der Waals surface area contributed by atoms with Gasteiger partial charge in [-0.05, 0) is 30.7 Å². The topological polar surface area (TPSA) is 79.4 Å².